The Labute approximate surface area is 189 Å². The zero-order valence-electron chi connectivity index (χ0n) is 18.5. The zero-order valence-corrected chi connectivity index (χ0v) is 19.4. The van der Waals surface area contributed by atoms with Crippen LogP contribution in [0.15, 0.2) is 18.2 Å². The van der Waals surface area contributed by atoms with Crippen molar-refractivity contribution in [1.29, 1.82) is 4.78 Å². The lowest BCUT2D eigenvalue weighted by Gasteiger charge is -2.34. The molecule has 2 aromatic heterocycles. The van der Waals surface area contributed by atoms with Crippen LogP contribution in [0.4, 0.5) is 5.82 Å². The summed E-state index contributed by atoms with van der Waals surface area (Å²) >= 11 is 0. The normalized spacial score (nSPS) is 27.0. The van der Waals surface area contributed by atoms with E-state index in [0.29, 0.717) is 43.0 Å². The molecule has 4 heterocycles. The van der Waals surface area contributed by atoms with Crippen molar-refractivity contribution in [2.24, 2.45) is 0 Å². The van der Waals surface area contributed by atoms with E-state index in [1.165, 1.54) is 0 Å². The number of rotatable bonds is 5. The molecular formula is C23H29N5O3S. The van der Waals surface area contributed by atoms with E-state index in [-0.39, 0.29) is 11.3 Å². The Morgan fingerprint density at radius 3 is 2.94 bits per heavy atom. The molecule has 9 heteroatoms. The van der Waals surface area contributed by atoms with Gasteiger partial charge in [-0.25, -0.2) is 19.2 Å². The average molecular weight is 456 g/mol. The van der Waals surface area contributed by atoms with E-state index in [1.807, 2.05) is 19.1 Å². The molecule has 2 aliphatic heterocycles. The highest BCUT2D eigenvalue weighted by Crippen LogP contribution is 2.38. The molecule has 1 N–H and O–H groups in total. The minimum absolute atomic E-state index is 0.172. The van der Waals surface area contributed by atoms with Gasteiger partial charge in [0.2, 0.25) is 5.88 Å². The fourth-order valence-corrected chi connectivity index (χ4v) is 6.67. The molecule has 0 aromatic carbocycles. The van der Waals surface area contributed by atoms with Gasteiger partial charge in [0.1, 0.15) is 5.82 Å². The van der Waals surface area contributed by atoms with Crippen LogP contribution in [-0.2, 0) is 20.9 Å². The topological polar surface area (TPSA) is 101 Å². The third-order valence-electron chi connectivity index (χ3n) is 6.34. The first kappa shape index (κ1) is 21.3. The Balaban J connectivity index is 1.68. The Kier molecular flexibility index (Phi) is 5.63. The first-order chi connectivity index (χ1) is 15.5. The van der Waals surface area contributed by atoms with Gasteiger partial charge in [-0.05, 0) is 26.7 Å². The van der Waals surface area contributed by atoms with E-state index in [2.05, 4.69) is 29.0 Å². The lowest BCUT2D eigenvalue weighted by atomic mass is 10.1. The summed E-state index contributed by atoms with van der Waals surface area (Å²) in [5.74, 6) is 2.37. The first-order valence-corrected chi connectivity index (χ1v) is 13.1. The summed E-state index contributed by atoms with van der Waals surface area (Å²) < 4.78 is 32.7. The summed E-state index contributed by atoms with van der Waals surface area (Å²) in [6.45, 7) is 6.58. The van der Waals surface area contributed by atoms with Crippen molar-refractivity contribution in [2.45, 2.75) is 44.4 Å². The van der Waals surface area contributed by atoms with Crippen LogP contribution in [-0.4, -0.2) is 57.3 Å². The van der Waals surface area contributed by atoms with Gasteiger partial charge in [0.25, 0.3) is 0 Å². The summed E-state index contributed by atoms with van der Waals surface area (Å²) in [4.78, 5) is 16.7. The number of anilines is 1. The van der Waals surface area contributed by atoms with Crippen LogP contribution < -0.4 is 9.64 Å². The molecule has 2 aromatic rings. The van der Waals surface area contributed by atoms with Gasteiger partial charge < -0.3 is 14.4 Å². The number of nitrogens with zero attached hydrogens (tertiary/aromatic N) is 4. The summed E-state index contributed by atoms with van der Waals surface area (Å²) in [7, 11) is -2.71. The van der Waals surface area contributed by atoms with Crippen LogP contribution >= 0.6 is 0 Å². The predicted octanol–water partition coefficient (Wildman–Crippen LogP) is 3.61. The predicted molar refractivity (Wildman–Crippen MR) is 125 cm³/mol. The molecule has 3 aliphatic rings. The Morgan fingerprint density at radius 1 is 1.31 bits per heavy atom. The van der Waals surface area contributed by atoms with Crippen LogP contribution in [0.2, 0.25) is 0 Å². The molecule has 0 amide bonds. The quantitative estimate of drug-likeness (QED) is 0.735. The fraction of sp³-hybridized carbons (Fsp3) is 0.522. The second-order valence-electron chi connectivity index (χ2n) is 8.56. The van der Waals surface area contributed by atoms with Crippen molar-refractivity contribution < 1.29 is 13.7 Å². The molecule has 3 atom stereocenters. The lowest BCUT2D eigenvalue weighted by Crippen LogP contribution is -2.44. The number of ether oxygens (including phenoxy) is 2. The molecule has 170 valence electrons. The second-order valence-corrected chi connectivity index (χ2v) is 11.0. The van der Waals surface area contributed by atoms with E-state index in [1.54, 1.807) is 0 Å². The Bertz CT molecular complexity index is 1160. The molecule has 2 saturated heterocycles. The number of allylic oxidation sites excluding steroid dienone is 1. The summed E-state index contributed by atoms with van der Waals surface area (Å²) in [5, 5.41) is -0.365. The maximum absolute atomic E-state index is 13.0. The van der Waals surface area contributed by atoms with E-state index in [0.717, 1.165) is 48.4 Å². The standard InChI is InChI=1S/C23H29N5O3S/c1-3-31-22-12-17(16-6-4-7-18(16)25-22)23-26-19(20-8-5-11-32(20,24)29)13-21(27-23)28-9-10-30-14-15(28)2/h4,6,12-13,15,20,24H,3,5,7-11,14H2,1-2H3/t15-,20?,32?/m1/s1. The molecule has 0 spiro atoms. The maximum atomic E-state index is 13.0. The van der Waals surface area contributed by atoms with Crippen LogP contribution in [0.1, 0.15) is 48.9 Å². The van der Waals surface area contributed by atoms with Crippen LogP contribution in [0, 0.1) is 4.78 Å². The number of nitrogens with one attached hydrogen (secondary N) is 1. The number of fused-ring (bicyclic) bond motifs is 1. The van der Waals surface area contributed by atoms with E-state index in [4.69, 9.17) is 24.2 Å². The maximum Gasteiger partial charge on any atom is 0.214 e. The molecule has 2 fully saturated rings. The summed E-state index contributed by atoms with van der Waals surface area (Å²) in [6.07, 6.45) is 6.40. The minimum Gasteiger partial charge on any atom is -0.478 e. The van der Waals surface area contributed by atoms with Crippen molar-refractivity contribution in [3.8, 4) is 17.3 Å². The van der Waals surface area contributed by atoms with Crippen molar-refractivity contribution in [2.75, 3.05) is 37.0 Å². The lowest BCUT2D eigenvalue weighted by molar-refractivity contribution is 0.0985. The molecular weight excluding hydrogens is 426 g/mol. The Hall–Kier alpha value is -2.52. The highest BCUT2D eigenvalue weighted by atomic mass is 32.2. The number of morpholine rings is 1. The number of aromatic nitrogens is 3. The minimum atomic E-state index is -2.71. The van der Waals surface area contributed by atoms with Crippen molar-refractivity contribution in [3.05, 3.63) is 35.2 Å². The SMILES string of the molecule is CCOc1cc(-c2nc(C3CCCS3(=N)=O)cc(N3CCOC[C@H]3C)n2)c2c(n1)CC=C2. The zero-order chi connectivity index (χ0) is 22.3. The molecule has 5 rings (SSSR count). The van der Waals surface area contributed by atoms with E-state index in [9.17, 15) is 4.21 Å². The number of hydrogen-bond donors (Lipinski definition) is 1. The van der Waals surface area contributed by atoms with E-state index < -0.39 is 9.73 Å². The fourth-order valence-electron chi connectivity index (χ4n) is 4.73. The molecule has 1 aliphatic carbocycles. The highest BCUT2D eigenvalue weighted by molar-refractivity contribution is 7.92. The van der Waals surface area contributed by atoms with Gasteiger partial charge in [-0.1, -0.05) is 12.2 Å². The molecule has 0 radical (unpaired) electrons. The van der Waals surface area contributed by atoms with Gasteiger partial charge in [-0.3, -0.25) is 4.78 Å². The molecule has 0 saturated carbocycles. The molecule has 32 heavy (non-hydrogen) atoms. The Morgan fingerprint density at radius 2 is 2.19 bits per heavy atom. The highest BCUT2D eigenvalue weighted by Gasteiger charge is 2.33. The summed E-state index contributed by atoms with van der Waals surface area (Å²) in [6, 6.07) is 4.01. The summed E-state index contributed by atoms with van der Waals surface area (Å²) in [5.41, 5.74) is 3.52. The molecule has 0 bridgehead atoms. The van der Waals surface area contributed by atoms with Gasteiger partial charge in [-0.2, -0.15) is 0 Å². The van der Waals surface area contributed by atoms with Crippen molar-refractivity contribution in [1.82, 2.24) is 15.0 Å². The number of hydrogen-bond acceptors (Lipinski definition) is 8. The smallest absolute Gasteiger partial charge is 0.214 e. The van der Waals surface area contributed by atoms with Gasteiger partial charge in [0, 0.05) is 42.0 Å². The molecule has 8 nitrogen and oxygen atoms in total. The van der Waals surface area contributed by atoms with Crippen molar-refractivity contribution >= 4 is 21.6 Å². The van der Waals surface area contributed by atoms with Crippen LogP contribution in [0.5, 0.6) is 5.88 Å². The monoisotopic (exact) mass is 455 g/mol. The van der Waals surface area contributed by atoms with Gasteiger partial charge in [0.05, 0.1) is 52.2 Å². The largest absolute Gasteiger partial charge is 0.478 e. The van der Waals surface area contributed by atoms with E-state index >= 15 is 0 Å². The number of pyridine rings is 1. The first-order valence-electron chi connectivity index (χ1n) is 11.3. The van der Waals surface area contributed by atoms with Gasteiger partial charge in [0.15, 0.2) is 5.82 Å². The van der Waals surface area contributed by atoms with Gasteiger partial charge >= 0.3 is 0 Å². The average Bonchev–Trinajstić information content (AvgIpc) is 3.39. The second kappa shape index (κ2) is 8.44. The third-order valence-corrected chi connectivity index (χ3v) is 8.63. The van der Waals surface area contributed by atoms with Crippen molar-refractivity contribution in [3.63, 3.8) is 0 Å². The van der Waals surface area contributed by atoms with Crippen LogP contribution in [0.3, 0.4) is 0 Å². The third kappa shape index (κ3) is 3.88. The molecule has 2 unspecified atom stereocenters. The van der Waals surface area contributed by atoms with Crippen LogP contribution in [0.25, 0.3) is 17.5 Å². The van der Waals surface area contributed by atoms with Gasteiger partial charge in [-0.15, -0.1) is 0 Å².